The lowest BCUT2D eigenvalue weighted by Gasteiger charge is -2.12. The number of nitrogens with one attached hydrogen (secondary N) is 1. The number of amides is 1. The van der Waals surface area contributed by atoms with Gasteiger partial charge in [-0.05, 0) is 25.5 Å². The second kappa shape index (κ2) is 5.77. The maximum Gasteiger partial charge on any atom is 0.266 e. The van der Waals surface area contributed by atoms with Gasteiger partial charge in [-0.1, -0.05) is 13.3 Å². The van der Waals surface area contributed by atoms with Crippen LogP contribution in [0.4, 0.5) is 0 Å². The van der Waals surface area contributed by atoms with Crippen LogP contribution in [-0.4, -0.2) is 24.6 Å². The van der Waals surface area contributed by atoms with Crippen LogP contribution in [0.25, 0.3) is 0 Å². The third-order valence-corrected chi connectivity index (χ3v) is 4.15. The van der Waals surface area contributed by atoms with Crippen molar-refractivity contribution in [3.8, 4) is 0 Å². The van der Waals surface area contributed by atoms with Crippen LogP contribution in [0.5, 0.6) is 0 Å². The Morgan fingerprint density at radius 3 is 2.76 bits per heavy atom. The second-order valence-electron chi connectivity index (χ2n) is 3.82. The first-order chi connectivity index (χ1) is 7.97. The van der Waals surface area contributed by atoms with E-state index in [0.29, 0.717) is 6.42 Å². The van der Waals surface area contributed by atoms with E-state index < -0.39 is 21.2 Å². The molecule has 94 valence electrons. The first kappa shape index (κ1) is 13.6. The Morgan fingerprint density at radius 1 is 1.53 bits per heavy atom. The summed E-state index contributed by atoms with van der Waals surface area (Å²) >= 11 is 0. The van der Waals surface area contributed by atoms with Crippen molar-refractivity contribution < 1.29 is 13.2 Å². The van der Waals surface area contributed by atoms with Crippen LogP contribution in [0.1, 0.15) is 37.0 Å². The highest BCUT2D eigenvalue weighted by Gasteiger charge is 2.22. The van der Waals surface area contributed by atoms with Gasteiger partial charge in [0.1, 0.15) is 0 Å². The van der Waals surface area contributed by atoms with Gasteiger partial charge in [-0.15, -0.1) is 0 Å². The fourth-order valence-corrected chi connectivity index (χ4v) is 2.47. The van der Waals surface area contributed by atoms with Crippen LogP contribution in [-0.2, 0) is 10.0 Å². The van der Waals surface area contributed by atoms with E-state index in [-0.39, 0.29) is 5.56 Å². The fraction of sp³-hybridized carbons (Fsp3) is 0.455. The number of nitrogens with zero attached hydrogens (tertiary/aromatic N) is 1. The maximum absolute atomic E-state index is 11.8. The maximum atomic E-state index is 11.8. The third kappa shape index (κ3) is 3.81. The third-order valence-electron chi connectivity index (χ3n) is 2.38. The highest BCUT2D eigenvalue weighted by molar-refractivity contribution is 7.90. The molecule has 1 aromatic rings. The summed E-state index contributed by atoms with van der Waals surface area (Å²) < 4.78 is 25.6. The van der Waals surface area contributed by atoms with Crippen molar-refractivity contribution in [2.75, 3.05) is 0 Å². The van der Waals surface area contributed by atoms with E-state index in [9.17, 15) is 13.2 Å². The molecule has 0 fully saturated rings. The summed E-state index contributed by atoms with van der Waals surface area (Å²) in [4.78, 5) is 15.4. The summed E-state index contributed by atoms with van der Waals surface area (Å²) in [5.41, 5.74) is 0.236. The van der Waals surface area contributed by atoms with E-state index in [2.05, 4.69) is 9.71 Å². The van der Waals surface area contributed by atoms with Crippen molar-refractivity contribution >= 4 is 15.9 Å². The SMILES string of the molecule is CCCC(C)S(=O)(=O)NC(=O)c1cccnc1. The Bertz CT molecular complexity index is 471. The standard InChI is InChI=1S/C11H16N2O3S/c1-3-5-9(2)17(15,16)13-11(14)10-6-4-7-12-8-10/h4,6-9H,3,5H2,1-2H3,(H,13,14). The normalized spacial score (nSPS) is 13.1. The Balaban J connectivity index is 2.75. The minimum atomic E-state index is -3.60. The first-order valence-electron chi connectivity index (χ1n) is 5.43. The van der Waals surface area contributed by atoms with Gasteiger partial charge in [-0.25, -0.2) is 13.1 Å². The van der Waals surface area contributed by atoms with Gasteiger partial charge in [0, 0.05) is 12.4 Å². The van der Waals surface area contributed by atoms with Crippen LogP contribution in [0, 0.1) is 0 Å². The monoisotopic (exact) mass is 256 g/mol. The quantitative estimate of drug-likeness (QED) is 0.862. The Morgan fingerprint density at radius 2 is 2.24 bits per heavy atom. The average Bonchev–Trinajstić information content (AvgIpc) is 2.30. The average molecular weight is 256 g/mol. The molecule has 0 spiro atoms. The zero-order chi connectivity index (χ0) is 12.9. The van der Waals surface area contributed by atoms with E-state index in [4.69, 9.17) is 0 Å². The molecular weight excluding hydrogens is 240 g/mol. The number of hydrogen-bond donors (Lipinski definition) is 1. The van der Waals surface area contributed by atoms with Gasteiger partial charge < -0.3 is 0 Å². The van der Waals surface area contributed by atoms with Crippen molar-refractivity contribution in [2.24, 2.45) is 0 Å². The summed E-state index contributed by atoms with van der Waals surface area (Å²) in [6.45, 7) is 3.48. The Kier molecular flexibility index (Phi) is 4.62. The number of aromatic nitrogens is 1. The summed E-state index contributed by atoms with van der Waals surface area (Å²) in [6.07, 6.45) is 4.12. The molecule has 0 saturated heterocycles. The minimum absolute atomic E-state index is 0.236. The molecule has 1 unspecified atom stereocenters. The van der Waals surface area contributed by atoms with Crippen molar-refractivity contribution in [3.05, 3.63) is 30.1 Å². The largest absolute Gasteiger partial charge is 0.268 e. The van der Waals surface area contributed by atoms with E-state index in [1.165, 1.54) is 18.5 Å². The molecule has 1 rings (SSSR count). The van der Waals surface area contributed by atoms with Crippen LogP contribution in [0.15, 0.2) is 24.5 Å². The fourth-order valence-electron chi connectivity index (χ4n) is 1.35. The van der Waals surface area contributed by atoms with Crippen LogP contribution in [0.3, 0.4) is 0 Å². The first-order valence-corrected chi connectivity index (χ1v) is 6.98. The summed E-state index contributed by atoms with van der Waals surface area (Å²) in [5, 5.41) is -0.576. The predicted molar refractivity (Wildman–Crippen MR) is 65.0 cm³/mol. The number of rotatable bonds is 5. The Hall–Kier alpha value is -1.43. The lowest BCUT2D eigenvalue weighted by molar-refractivity contribution is 0.0980. The van der Waals surface area contributed by atoms with E-state index in [1.807, 2.05) is 6.92 Å². The lowest BCUT2D eigenvalue weighted by atomic mass is 10.3. The molecule has 17 heavy (non-hydrogen) atoms. The molecule has 0 saturated carbocycles. The molecule has 1 heterocycles. The number of sulfonamides is 1. The van der Waals surface area contributed by atoms with Crippen LogP contribution >= 0.6 is 0 Å². The summed E-state index contributed by atoms with van der Waals surface area (Å²) in [6, 6.07) is 3.10. The van der Waals surface area contributed by atoms with Crippen molar-refractivity contribution in [1.82, 2.24) is 9.71 Å². The minimum Gasteiger partial charge on any atom is -0.268 e. The zero-order valence-corrected chi connectivity index (χ0v) is 10.7. The molecular formula is C11H16N2O3S. The van der Waals surface area contributed by atoms with E-state index >= 15 is 0 Å². The van der Waals surface area contributed by atoms with E-state index in [1.54, 1.807) is 13.0 Å². The van der Waals surface area contributed by atoms with Crippen molar-refractivity contribution in [1.29, 1.82) is 0 Å². The van der Waals surface area contributed by atoms with Gasteiger partial charge >= 0.3 is 0 Å². The smallest absolute Gasteiger partial charge is 0.266 e. The van der Waals surface area contributed by atoms with Crippen molar-refractivity contribution in [3.63, 3.8) is 0 Å². The molecule has 0 aliphatic rings. The van der Waals surface area contributed by atoms with Gasteiger partial charge in [-0.3, -0.25) is 9.78 Å². The molecule has 0 radical (unpaired) electrons. The molecule has 6 heteroatoms. The molecule has 0 aromatic carbocycles. The topological polar surface area (TPSA) is 76.1 Å². The molecule has 1 aromatic heterocycles. The van der Waals surface area contributed by atoms with Crippen LogP contribution in [0.2, 0.25) is 0 Å². The number of carbonyl (C=O) groups is 1. The van der Waals surface area contributed by atoms with Gasteiger partial charge in [0.05, 0.1) is 10.8 Å². The molecule has 1 atom stereocenters. The van der Waals surface area contributed by atoms with Gasteiger partial charge in [0.25, 0.3) is 5.91 Å². The lowest BCUT2D eigenvalue weighted by Crippen LogP contribution is -2.37. The molecule has 5 nitrogen and oxygen atoms in total. The van der Waals surface area contributed by atoms with E-state index in [0.717, 1.165) is 6.42 Å². The van der Waals surface area contributed by atoms with Gasteiger partial charge in [0.15, 0.2) is 0 Å². The number of carbonyl (C=O) groups excluding carboxylic acids is 1. The second-order valence-corrected chi connectivity index (χ2v) is 5.92. The number of pyridine rings is 1. The van der Waals surface area contributed by atoms with Crippen LogP contribution < -0.4 is 4.72 Å². The summed E-state index contributed by atoms with van der Waals surface area (Å²) in [5.74, 6) is -0.638. The predicted octanol–water partition coefficient (Wildman–Crippen LogP) is 1.33. The highest BCUT2D eigenvalue weighted by Crippen LogP contribution is 2.07. The van der Waals surface area contributed by atoms with Crippen molar-refractivity contribution in [2.45, 2.75) is 31.9 Å². The Labute approximate surface area is 101 Å². The molecule has 0 aliphatic heterocycles. The van der Waals surface area contributed by atoms with Gasteiger partial charge in [0.2, 0.25) is 10.0 Å². The molecule has 1 N–H and O–H groups in total. The molecule has 0 bridgehead atoms. The zero-order valence-electron chi connectivity index (χ0n) is 9.88. The molecule has 1 amide bonds. The summed E-state index contributed by atoms with van der Waals surface area (Å²) in [7, 11) is -3.60. The highest BCUT2D eigenvalue weighted by atomic mass is 32.2. The number of hydrogen-bond acceptors (Lipinski definition) is 4. The van der Waals surface area contributed by atoms with Gasteiger partial charge in [-0.2, -0.15) is 0 Å². The molecule has 0 aliphatic carbocycles.